The minimum atomic E-state index is -0.970. The SMILES string of the molecule is CCC(=O)OCC(O)COCC(O)COC(=O)C(C)(C)CC. The Hall–Kier alpha value is -1.18. The molecule has 2 N–H and O–H groups in total. The molecular formula is C15H28O7. The van der Waals surface area contributed by atoms with Crippen LogP contribution in [-0.2, 0) is 23.8 Å². The van der Waals surface area contributed by atoms with Crippen molar-refractivity contribution in [1.29, 1.82) is 0 Å². The molecule has 0 aromatic rings. The van der Waals surface area contributed by atoms with Crippen molar-refractivity contribution in [3.8, 4) is 0 Å². The van der Waals surface area contributed by atoms with Gasteiger partial charge in [0.15, 0.2) is 0 Å². The van der Waals surface area contributed by atoms with E-state index in [0.29, 0.717) is 6.42 Å². The van der Waals surface area contributed by atoms with Gasteiger partial charge in [0.05, 0.1) is 18.6 Å². The van der Waals surface area contributed by atoms with Gasteiger partial charge in [0.25, 0.3) is 0 Å². The zero-order chi connectivity index (χ0) is 17.2. The van der Waals surface area contributed by atoms with Crippen molar-refractivity contribution < 1.29 is 34.0 Å². The summed E-state index contributed by atoms with van der Waals surface area (Å²) in [6.07, 6.45) is -1.04. The quantitative estimate of drug-likeness (QED) is 0.539. The van der Waals surface area contributed by atoms with Crippen molar-refractivity contribution in [2.75, 3.05) is 26.4 Å². The standard InChI is InChI=1S/C15H28O7/c1-5-13(18)21-9-11(16)7-20-8-12(17)10-22-14(19)15(3,4)6-2/h11-12,16-17H,5-10H2,1-4H3. The third-order valence-corrected chi connectivity index (χ3v) is 3.19. The van der Waals surface area contributed by atoms with Crippen molar-refractivity contribution in [3.63, 3.8) is 0 Å². The number of esters is 2. The van der Waals surface area contributed by atoms with E-state index in [4.69, 9.17) is 14.2 Å². The lowest BCUT2D eigenvalue weighted by Crippen LogP contribution is -2.32. The monoisotopic (exact) mass is 320 g/mol. The van der Waals surface area contributed by atoms with Crippen LogP contribution in [0.5, 0.6) is 0 Å². The summed E-state index contributed by atoms with van der Waals surface area (Å²) in [6.45, 7) is 6.60. The summed E-state index contributed by atoms with van der Waals surface area (Å²) in [5.74, 6) is -0.773. The van der Waals surface area contributed by atoms with E-state index in [1.54, 1.807) is 20.8 Å². The average Bonchev–Trinajstić information content (AvgIpc) is 2.49. The highest BCUT2D eigenvalue weighted by molar-refractivity contribution is 5.75. The molecule has 0 aliphatic heterocycles. The van der Waals surface area contributed by atoms with Crippen molar-refractivity contribution in [2.24, 2.45) is 5.41 Å². The van der Waals surface area contributed by atoms with Gasteiger partial charge in [0.1, 0.15) is 25.4 Å². The predicted molar refractivity (Wildman–Crippen MR) is 79.1 cm³/mol. The number of hydrogen-bond donors (Lipinski definition) is 2. The predicted octanol–water partition coefficient (Wildman–Crippen LogP) is 0.657. The molecule has 0 amide bonds. The van der Waals surface area contributed by atoms with Crippen LogP contribution in [0.1, 0.15) is 40.5 Å². The summed E-state index contributed by atoms with van der Waals surface area (Å²) >= 11 is 0. The minimum Gasteiger partial charge on any atom is -0.463 e. The molecule has 0 saturated heterocycles. The van der Waals surface area contributed by atoms with E-state index in [2.05, 4.69) is 0 Å². The number of ether oxygens (including phenoxy) is 3. The van der Waals surface area contributed by atoms with E-state index in [9.17, 15) is 19.8 Å². The Labute approximate surface area is 131 Å². The van der Waals surface area contributed by atoms with Gasteiger partial charge in [-0.05, 0) is 20.3 Å². The molecule has 0 radical (unpaired) electrons. The van der Waals surface area contributed by atoms with Gasteiger partial charge in [0.2, 0.25) is 0 Å². The number of rotatable bonds is 11. The van der Waals surface area contributed by atoms with Gasteiger partial charge in [-0.25, -0.2) is 0 Å². The largest absolute Gasteiger partial charge is 0.463 e. The Morgan fingerprint density at radius 1 is 0.955 bits per heavy atom. The minimum absolute atomic E-state index is 0.0809. The van der Waals surface area contributed by atoms with E-state index in [-0.39, 0.29) is 38.8 Å². The fraction of sp³-hybridized carbons (Fsp3) is 0.867. The van der Waals surface area contributed by atoms with Crippen molar-refractivity contribution >= 4 is 11.9 Å². The number of aliphatic hydroxyl groups is 2. The highest BCUT2D eigenvalue weighted by Crippen LogP contribution is 2.21. The van der Waals surface area contributed by atoms with Crippen LogP contribution in [0.3, 0.4) is 0 Å². The fourth-order valence-corrected chi connectivity index (χ4v) is 1.24. The first-order valence-corrected chi connectivity index (χ1v) is 7.49. The second kappa shape index (κ2) is 10.5. The Morgan fingerprint density at radius 2 is 1.45 bits per heavy atom. The van der Waals surface area contributed by atoms with Crippen LogP contribution in [-0.4, -0.2) is 60.8 Å². The highest BCUT2D eigenvalue weighted by atomic mass is 16.6. The lowest BCUT2D eigenvalue weighted by Gasteiger charge is -2.21. The van der Waals surface area contributed by atoms with E-state index >= 15 is 0 Å². The first-order chi connectivity index (χ1) is 10.2. The van der Waals surface area contributed by atoms with Crippen molar-refractivity contribution in [2.45, 2.75) is 52.7 Å². The number of carbonyl (C=O) groups is 2. The molecule has 0 aliphatic rings. The molecule has 22 heavy (non-hydrogen) atoms. The summed E-state index contributed by atoms with van der Waals surface area (Å²) in [5, 5.41) is 19.1. The van der Waals surface area contributed by atoms with E-state index < -0.39 is 23.6 Å². The summed E-state index contributed by atoms with van der Waals surface area (Å²) in [4.78, 5) is 22.6. The van der Waals surface area contributed by atoms with E-state index in [1.807, 2.05) is 6.92 Å². The van der Waals surface area contributed by atoms with Crippen LogP contribution in [0.2, 0.25) is 0 Å². The molecule has 7 heteroatoms. The molecule has 0 spiro atoms. The van der Waals surface area contributed by atoms with Gasteiger partial charge in [-0.3, -0.25) is 9.59 Å². The smallest absolute Gasteiger partial charge is 0.311 e. The molecule has 0 rings (SSSR count). The summed E-state index contributed by atoms with van der Waals surface area (Å²) < 4.78 is 14.8. The van der Waals surface area contributed by atoms with Gasteiger partial charge < -0.3 is 24.4 Å². The molecule has 2 atom stereocenters. The van der Waals surface area contributed by atoms with Crippen LogP contribution < -0.4 is 0 Å². The first-order valence-electron chi connectivity index (χ1n) is 7.49. The van der Waals surface area contributed by atoms with Gasteiger partial charge in [-0.2, -0.15) is 0 Å². The lowest BCUT2D eigenvalue weighted by molar-refractivity contribution is -0.158. The van der Waals surface area contributed by atoms with Gasteiger partial charge in [-0.15, -0.1) is 0 Å². The Balaban J connectivity index is 3.79. The molecular weight excluding hydrogens is 292 g/mol. The molecule has 0 fully saturated rings. The molecule has 0 saturated carbocycles. The second-order valence-corrected chi connectivity index (χ2v) is 5.72. The van der Waals surface area contributed by atoms with Crippen LogP contribution in [0.25, 0.3) is 0 Å². The third-order valence-electron chi connectivity index (χ3n) is 3.19. The highest BCUT2D eigenvalue weighted by Gasteiger charge is 2.27. The van der Waals surface area contributed by atoms with Crippen molar-refractivity contribution in [3.05, 3.63) is 0 Å². The van der Waals surface area contributed by atoms with Gasteiger partial charge in [0, 0.05) is 6.42 Å². The number of aliphatic hydroxyl groups excluding tert-OH is 2. The van der Waals surface area contributed by atoms with Crippen molar-refractivity contribution in [1.82, 2.24) is 0 Å². The second-order valence-electron chi connectivity index (χ2n) is 5.72. The third kappa shape index (κ3) is 8.96. The van der Waals surface area contributed by atoms with Crippen LogP contribution in [0, 0.1) is 5.41 Å². The summed E-state index contributed by atoms with van der Waals surface area (Å²) in [7, 11) is 0. The molecule has 0 heterocycles. The van der Waals surface area contributed by atoms with E-state index in [0.717, 1.165) is 0 Å². The normalized spacial score (nSPS) is 14.3. The number of carbonyl (C=O) groups excluding carboxylic acids is 2. The maximum Gasteiger partial charge on any atom is 0.311 e. The van der Waals surface area contributed by atoms with Crippen LogP contribution >= 0.6 is 0 Å². The Bertz CT molecular complexity index is 341. The number of hydrogen-bond acceptors (Lipinski definition) is 7. The molecule has 0 aliphatic carbocycles. The topological polar surface area (TPSA) is 102 Å². The summed E-state index contributed by atoms with van der Waals surface area (Å²) in [6, 6.07) is 0. The lowest BCUT2D eigenvalue weighted by atomic mass is 9.91. The van der Waals surface area contributed by atoms with Gasteiger partial charge >= 0.3 is 11.9 Å². The van der Waals surface area contributed by atoms with Crippen LogP contribution in [0.15, 0.2) is 0 Å². The van der Waals surface area contributed by atoms with E-state index in [1.165, 1.54) is 0 Å². The zero-order valence-corrected chi connectivity index (χ0v) is 13.8. The zero-order valence-electron chi connectivity index (χ0n) is 13.8. The van der Waals surface area contributed by atoms with Gasteiger partial charge in [-0.1, -0.05) is 13.8 Å². The van der Waals surface area contributed by atoms with Crippen LogP contribution in [0.4, 0.5) is 0 Å². The maximum absolute atomic E-state index is 11.7. The molecule has 7 nitrogen and oxygen atoms in total. The molecule has 130 valence electrons. The average molecular weight is 320 g/mol. The Morgan fingerprint density at radius 3 is 1.91 bits per heavy atom. The summed E-state index contributed by atoms with van der Waals surface area (Å²) in [5.41, 5.74) is -0.583. The molecule has 0 bridgehead atoms. The maximum atomic E-state index is 11.7. The Kier molecular flexibility index (Phi) is 9.97. The molecule has 0 aromatic heterocycles. The fourth-order valence-electron chi connectivity index (χ4n) is 1.24. The molecule has 2 unspecified atom stereocenters. The molecule has 0 aromatic carbocycles. The first kappa shape index (κ1) is 20.8.